The summed E-state index contributed by atoms with van der Waals surface area (Å²) in [7, 11) is 0. The highest BCUT2D eigenvalue weighted by Crippen LogP contribution is 2.26. The number of fused-ring (bicyclic) bond motifs is 1. The summed E-state index contributed by atoms with van der Waals surface area (Å²) in [6.45, 7) is 4.65. The molecule has 1 saturated heterocycles. The van der Waals surface area contributed by atoms with Gasteiger partial charge in [-0.05, 0) is 36.3 Å². The van der Waals surface area contributed by atoms with Crippen molar-refractivity contribution in [3.8, 4) is 0 Å². The van der Waals surface area contributed by atoms with Gasteiger partial charge >= 0.3 is 5.76 Å². The molecule has 7 heteroatoms. The summed E-state index contributed by atoms with van der Waals surface area (Å²) in [6.07, 6.45) is 1.87. The molecule has 0 radical (unpaired) electrons. The topological polar surface area (TPSA) is 84.5 Å². The number of nitrogens with zero attached hydrogens (tertiary/aromatic N) is 2. The van der Waals surface area contributed by atoms with E-state index in [-0.39, 0.29) is 24.4 Å². The first-order valence-electron chi connectivity index (χ1n) is 9.46. The van der Waals surface area contributed by atoms with Crippen molar-refractivity contribution in [3.63, 3.8) is 0 Å². The highest BCUT2D eigenvalue weighted by Gasteiger charge is 2.31. The maximum absolute atomic E-state index is 13.1. The van der Waals surface area contributed by atoms with Crippen LogP contribution in [0, 0.1) is 0 Å². The normalized spacial score (nSPS) is 16.1. The molecule has 0 bridgehead atoms. The molecule has 2 amide bonds. The van der Waals surface area contributed by atoms with E-state index in [9.17, 15) is 14.4 Å². The number of aromatic nitrogens is 1. The summed E-state index contributed by atoms with van der Waals surface area (Å²) in [5, 5.41) is 2.71. The molecule has 7 nitrogen and oxygen atoms in total. The lowest BCUT2D eigenvalue weighted by atomic mass is 10.1. The zero-order valence-electron chi connectivity index (χ0n) is 15.8. The van der Waals surface area contributed by atoms with Crippen LogP contribution >= 0.6 is 0 Å². The van der Waals surface area contributed by atoms with Gasteiger partial charge in [0.2, 0.25) is 5.91 Å². The van der Waals surface area contributed by atoms with Crippen LogP contribution in [0.2, 0.25) is 0 Å². The molecule has 1 unspecified atom stereocenters. The number of hydrogen-bond donors (Lipinski definition) is 1. The van der Waals surface area contributed by atoms with Crippen LogP contribution in [0.1, 0.15) is 28.4 Å². The van der Waals surface area contributed by atoms with Crippen LogP contribution in [0.5, 0.6) is 0 Å². The standard InChI is InChI=1S/C22H21N3O4/c1-2-20(26)23-13-15-7-3-4-8-17(15)21(27)24-12-11-16(14-24)25-18-9-5-6-10-19(18)29-22(25)28/h2-10,16H,1,11-14H2,(H,23,26). The number of hydrogen-bond acceptors (Lipinski definition) is 4. The molecule has 29 heavy (non-hydrogen) atoms. The summed E-state index contributed by atoms with van der Waals surface area (Å²) in [6, 6.07) is 14.4. The highest BCUT2D eigenvalue weighted by molar-refractivity contribution is 5.96. The summed E-state index contributed by atoms with van der Waals surface area (Å²) in [4.78, 5) is 38.7. The lowest BCUT2D eigenvalue weighted by molar-refractivity contribution is -0.116. The lowest BCUT2D eigenvalue weighted by Gasteiger charge is -2.19. The number of carbonyl (C=O) groups excluding carboxylic acids is 2. The van der Waals surface area contributed by atoms with Gasteiger partial charge in [-0.15, -0.1) is 0 Å². The van der Waals surface area contributed by atoms with Crippen molar-refractivity contribution in [1.82, 2.24) is 14.8 Å². The molecular formula is C22H21N3O4. The Hall–Kier alpha value is -3.61. The molecular weight excluding hydrogens is 370 g/mol. The molecule has 4 rings (SSSR count). The van der Waals surface area contributed by atoms with Gasteiger partial charge in [0.25, 0.3) is 5.91 Å². The Morgan fingerprint density at radius 1 is 1.17 bits per heavy atom. The van der Waals surface area contributed by atoms with Crippen molar-refractivity contribution in [2.24, 2.45) is 0 Å². The first-order valence-corrected chi connectivity index (χ1v) is 9.46. The summed E-state index contributed by atoms with van der Waals surface area (Å²) < 4.78 is 6.97. The quantitative estimate of drug-likeness (QED) is 0.677. The maximum Gasteiger partial charge on any atom is 0.420 e. The van der Waals surface area contributed by atoms with Gasteiger partial charge in [0.05, 0.1) is 11.6 Å². The van der Waals surface area contributed by atoms with Gasteiger partial charge in [0.15, 0.2) is 5.58 Å². The van der Waals surface area contributed by atoms with Crippen LogP contribution in [0.4, 0.5) is 0 Å². The highest BCUT2D eigenvalue weighted by atomic mass is 16.4. The zero-order chi connectivity index (χ0) is 20.4. The van der Waals surface area contributed by atoms with Gasteiger partial charge in [0.1, 0.15) is 0 Å². The van der Waals surface area contributed by atoms with Gasteiger partial charge in [-0.1, -0.05) is 36.9 Å². The summed E-state index contributed by atoms with van der Waals surface area (Å²) >= 11 is 0. The largest absolute Gasteiger partial charge is 0.420 e. The molecule has 0 saturated carbocycles. The van der Waals surface area contributed by atoms with Gasteiger partial charge < -0.3 is 14.6 Å². The van der Waals surface area contributed by atoms with E-state index in [1.807, 2.05) is 30.3 Å². The van der Waals surface area contributed by atoms with Crippen LogP contribution < -0.4 is 11.1 Å². The van der Waals surface area contributed by atoms with Crippen molar-refractivity contribution in [1.29, 1.82) is 0 Å². The predicted molar refractivity (Wildman–Crippen MR) is 109 cm³/mol. The first-order chi connectivity index (χ1) is 14.1. The van der Waals surface area contributed by atoms with Crippen molar-refractivity contribution < 1.29 is 14.0 Å². The molecule has 3 aromatic rings. The summed E-state index contributed by atoms with van der Waals surface area (Å²) in [5.41, 5.74) is 2.57. The third-order valence-corrected chi connectivity index (χ3v) is 5.22. The number of amides is 2. The van der Waals surface area contributed by atoms with Gasteiger partial charge in [-0.25, -0.2) is 4.79 Å². The number of oxazole rings is 1. The maximum atomic E-state index is 13.1. The number of rotatable bonds is 5. The Morgan fingerprint density at radius 2 is 1.93 bits per heavy atom. The number of benzene rings is 2. The molecule has 2 heterocycles. The molecule has 148 valence electrons. The van der Waals surface area contributed by atoms with E-state index in [1.165, 1.54) is 6.08 Å². The van der Waals surface area contributed by atoms with Crippen molar-refractivity contribution in [2.75, 3.05) is 13.1 Å². The monoisotopic (exact) mass is 391 g/mol. The van der Waals surface area contributed by atoms with E-state index in [0.717, 1.165) is 11.1 Å². The van der Waals surface area contributed by atoms with Crippen molar-refractivity contribution >= 4 is 22.9 Å². The number of likely N-dealkylation sites (tertiary alicyclic amines) is 1. The van der Waals surface area contributed by atoms with E-state index in [0.29, 0.717) is 30.7 Å². The van der Waals surface area contributed by atoms with Gasteiger partial charge in [0, 0.05) is 25.2 Å². The van der Waals surface area contributed by atoms with Crippen molar-refractivity contribution in [3.05, 3.63) is 82.9 Å². The molecule has 0 spiro atoms. The SMILES string of the molecule is C=CC(=O)NCc1ccccc1C(=O)N1CCC(n2c(=O)oc3ccccc32)C1. The van der Waals surface area contributed by atoms with Crippen LogP contribution in [0.3, 0.4) is 0 Å². The number of nitrogens with one attached hydrogen (secondary N) is 1. The van der Waals surface area contributed by atoms with E-state index in [2.05, 4.69) is 11.9 Å². The lowest BCUT2D eigenvalue weighted by Crippen LogP contribution is -2.32. The number of para-hydroxylation sites is 2. The van der Waals surface area contributed by atoms with Gasteiger partial charge in [-0.2, -0.15) is 0 Å². The molecule has 1 atom stereocenters. The van der Waals surface area contributed by atoms with Crippen LogP contribution in [0.15, 0.2) is 70.4 Å². The van der Waals surface area contributed by atoms with E-state index >= 15 is 0 Å². The van der Waals surface area contributed by atoms with E-state index < -0.39 is 5.76 Å². The third-order valence-electron chi connectivity index (χ3n) is 5.22. The Morgan fingerprint density at radius 3 is 2.76 bits per heavy atom. The number of carbonyl (C=O) groups is 2. The fourth-order valence-electron chi connectivity index (χ4n) is 3.77. The molecule has 2 aromatic carbocycles. The molecule has 0 aliphatic carbocycles. The van der Waals surface area contributed by atoms with E-state index in [4.69, 9.17) is 4.42 Å². The second kappa shape index (κ2) is 7.79. The smallest absolute Gasteiger partial charge is 0.408 e. The molecule has 1 N–H and O–H groups in total. The Bertz CT molecular complexity index is 1140. The van der Waals surface area contributed by atoms with Crippen LogP contribution in [-0.2, 0) is 11.3 Å². The molecule has 1 aliphatic heterocycles. The fourth-order valence-corrected chi connectivity index (χ4v) is 3.77. The fraction of sp³-hybridized carbons (Fsp3) is 0.227. The summed E-state index contributed by atoms with van der Waals surface area (Å²) in [5.74, 6) is -0.811. The molecule has 1 aromatic heterocycles. The second-order valence-electron chi connectivity index (χ2n) is 6.98. The predicted octanol–water partition coefficient (Wildman–Crippen LogP) is 2.48. The third kappa shape index (κ3) is 3.59. The van der Waals surface area contributed by atoms with Crippen LogP contribution in [0.25, 0.3) is 11.1 Å². The molecule has 1 fully saturated rings. The Balaban J connectivity index is 1.55. The zero-order valence-corrected chi connectivity index (χ0v) is 15.8. The molecule has 1 aliphatic rings. The minimum atomic E-state index is -0.405. The minimum Gasteiger partial charge on any atom is -0.408 e. The Labute approximate surface area is 167 Å². The van der Waals surface area contributed by atoms with E-state index in [1.54, 1.807) is 27.7 Å². The first kappa shape index (κ1) is 18.7. The van der Waals surface area contributed by atoms with Crippen LogP contribution in [-0.4, -0.2) is 34.4 Å². The second-order valence-corrected chi connectivity index (χ2v) is 6.98. The average molecular weight is 391 g/mol. The van der Waals surface area contributed by atoms with Gasteiger partial charge in [-0.3, -0.25) is 14.2 Å². The minimum absolute atomic E-state index is 0.114. The Kier molecular flexibility index (Phi) is 5.03. The van der Waals surface area contributed by atoms with Crippen molar-refractivity contribution in [2.45, 2.75) is 19.0 Å². The average Bonchev–Trinajstić information content (AvgIpc) is 3.35.